The molecular formula is C25H25F2N3O5. The van der Waals surface area contributed by atoms with Gasteiger partial charge in [0, 0.05) is 19.3 Å². The molecule has 0 aliphatic rings. The molecule has 1 amide bonds. The average Bonchev–Trinajstić information content (AvgIpc) is 2.84. The Labute approximate surface area is 201 Å². The molecule has 10 heteroatoms. The number of methoxy groups -OCH3 is 1. The number of pyridine rings is 1. The summed E-state index contributed by atoms with van der Waals surface area (Å²) in [5.41, 5.74) is -0.307. The SMILES string of the molecule is COc1ccnc(C(=O)NC(C)C(=O)ON(C)C(C)(c2ccc(F)cc2)c2ccc(F)cc2)c1O. The highest BCUT2D eigenvalue weighted by Crippen LogP contribution is 2.35. The molecule has 8 nitrogen and oxygen atoms in total. The van der Waals surface area contributed by atoms with Crippen molar-refractivity contribution in [1.29, 1.82) is 0 Å². The Morgan fingerprint density at radius 2 is 1.54 bits per heavy atom. The molecule has 0 saturated carbocycles. The number of amides is 1. The minimum Gasteiger partial charge on any atom is -0.503 e. The highest BCUT2D eigenvalue weighted by molar-refractivity contribution is 5.97. The minimum absolute atomic E-state index is 0.0504. The van der Waals surface area contributed by atoms with Gasteiger partial charge in [-0.15, -0.1) is 5.06 Å². The van der Waals surface area contributed by atoms with Gasteiger partial charge in [-0.25, -0.2) is 18.6 Å². The zero-order chi connectivity index (χ0) is 25.8. The number of ether oxygens (including phenoxy) is 1. The third-order valence-corrected chi connectivity index (χ3v) is 5.69. The standard InChI is InChI=1S/C25H25F2N3O5/c1-15(29-23(32)21-22(31)20(34-4)13-14-28-21)24(33)35-30(3)25(2,16-5-9-18(26)10-6-16)17-7-11-19(27)12-8-17/h5-15,31H,1-4H3,(H,29,32). The van der Waals surface area contributed by atoms with Crippen LogP contribution >= 0.6 is 0 Å². The lowest BCUT2D eigenvalue weighted by Crippen LogP contribution is -2.48. The first-order valence-corrected chi connectivity index (χ1v) is 10.6. The zero-order valence-electron chi connectivity index (χ0n) is 19.6. The third kappa shape index (κ3) is 5.38. The largest absolute Gasteiger partial charge is 0.503 e. The first-order valence-electron chi connectivity index (χ1n) is 10.6. The van der Waals surface area contributed by atoms with Gasteiger partial charge in [0.2, 0.25) is 0 Å². The minimum atomic E-state index is -1.14. The number of nitrogens with zero attached hydrogens (tertiary/aromatic N) is 2. The number of aromatic nitrogens is 1. The Balaban J connectivity index is 1.82. The Kier molecular flexibility index (Phi) is 7.65. The van der Waals surface area contributed by atoms with Gasteiger partial charge in [0.1, 0.15) is 23.2 Å². The van der Waals surface area contributed by atoms with Gasteiger partial charge >= 0.3 is 5.97 Å². The van der Waals surface area contributed by atoms with Crippen LogP contribution < -0.4 is 10.1 Å². The second-order valence-electron chi connectivity index (χ2n) is 7.90. The average molecular weight is 485 g/mol. The Morgan fingerprint density at radius 1 is 1.03 bits per heavy atom. The van der Waals surface area contributed by atoms with Gasteiger partial charge in [-0.1, -0.05) is 24.3 Å². The molecule has 184 valence electrons. The molecule has 0 saturated heterocycles. The molecule has 0 fully saturated rings. The van der Waals surface area contributed by atoms with Gasteiger partial charge in [0.25, 0.3) is 5.91 Å². The van der Waals surface area contributed by atoms with Crippen LogP contribution in [0.1, 0.15) is 35.5 Å². The van der Waals surface area contributed by atoms with Gasteiger partial charge in [-0.3, -0.25) is 4.79 Å². The fourth-order valence-electron chi connectivity index (χ4n) is 3.48. The summed E-state index contributed by atoms with van der Waals surface area (Å²) in [4.78, 5) is 34.8. The molecule has 3 rings (SSSR count). The van der Waals surface area contributed by atoms with Crippen molar-refractivity contribution in [3.63, 3.8) is 0 Å². The van der Waals surface area contributed by atoms with E-state index in [4.69, 9.17) is 9.57 Å². The molecule has 1 unspecified atom stereocenters. The number of rotatable bonds is 8. The summed E-state index contributed by atoms with van der Waals surface area (Å²) in [7, 11) is 2.82. The maximum Gasteiger partial charge on any atom is 0.347 e. The number of hydroxylamine groups is 2. The summed E-state index contributed by atoms with van der Waals surface area (Å²) < 4.78 is 32.1. The first kappa shape index (κ1) is 25.6. The van der Waals surface area contributed by atoms with Gasteiger partial charge in [0.05, 0.1) is 7.11 Å². The van der Waals surface area contributed by atoms with Crippen LogP contribution in [0.5, 0.6) is 11.5 Å². The predicted molar refractivity (Wildman–Crippen MR) is 122 cm³/mol. The summed E-state index contributed by atoms with van der Waals surface area (Å²) in [5, 5.41) is 13.8. The summed E-state index contributed by atoms with van der Waals surface area (Å²) in [6, 6.07) is 11.4. The fraction of sp³-hybridized carbons (Fsp3) is 0.240. The Hall–Kier alpha value is -4.05. The van der Waals surface area contributed by atoms with E-state index in [0.29, 0.717) is 11.1 Å². The van der Waals surface area contributed by atoms with Crippen molar-refractivity contribution in [2.75, 3.05) is 14.2 Å². The molecule has 3 aromatic rings. The van der Waals surface area contributed by atoms with Crippen molar-refractivity contribution in [3.05, 3.63) is 89.2 Å². The van der Waals surface area contributed by atoms with Gasteiger partial charge in [-0.05, 0) is 49.2 Å². The number of benzene rings is 2. The molecule has 2 aromatic carbocycles. The zero-order valence-corrected chi connectivity index (χ0v) is 19.6. The molecule has 1 heterocycles. The van der Waals surface area contributed by atoms with E-state index in [1.54, 1.807) is 6.92 Å². The third-order valence-electron chi connectivity index (χ3n) is 5.69. The van der Waals surface area contributed by atoms with Crippen LogP contribution in [0.4, 0.5) is 8.78 Å². The maximum absolute atomic E-state index is 13.6. The van der Waals surface area contributed by atoms with Crippen LogP contribution in [-0.4, -0.2) is 47.2 Å². The van der Waals surface area contributed by atoms with Crippen molar-refractivity contribution in [1.82, 2.24) is 15.4 Å². The lowest BCUT2D eigenvalue weighted by molar-refractivity contribution is -0.207. The molecule has 2 N–H and O–H groups in total. The Morgan fingerprint density at radius 3 is 2.03 bits per heavy atom. The van der Waals surface area contributed by atoms with E-state index in [-0.39, 0.29) is 11.4 Å². The number of carbonyl (C=O) groups excluding carboxylic acids is 2. The number of hydrogen-bond donors (Lipinski definition) is 2. The molecule has 0 bridgehead atoms. The summed E-state index contributed by atoms with van der Waals surface area (Å²) in [6.07, 6.45) is 1.28. The number of hydrogen-bond acceptors (Lipinski definition) is 7. The second kappa shape index (κ2) is 10.5. The van der Waals surface area contributed by atoms with Crippen molar-refractivity contribution >= 4 is 11.9 Å². The topological polar surface area (TPSA) is 101 Å². The van der Waals surface area contributed by atoms with Crippen molar-refractivity contribution in [3.8, 4) is 11.5 Å². The maximum atomic E-state index is 13.6. The molecule has 1 aromatic heterocycles. The molecule has 0 aliphatic heterocycles. The fourth-order valence-corrected chi connectivity index (χ4v) is 3.48. The van der Waals surface area contributed by atoms with E-state index in [1.165, 1.54) is 86.9 Å². The molecule has 0 radical (unpaired) electrons. The van der Waals surface area contributed by atoms with Crippen LogP contribution in [0.2, 0.25) is 0 Å². The van der Waals surface area contributed by atoms with E-state index >= 15 is 0 Å². The van der Waals surface area contributed by atoms with E-state index in [2.05, 4.69) is 10.3 Å². The molecule has 35 heavy (non-hydrogen) atoms. The molecule has 0 aliphatic carbocycles. The second-order valence-corrected chi connectivity index (χ2v) is 7.90. The van der Waals surface area contributed by atoms with Crippen molar-refractivity contribution in [2.24, 2.45) is 0 Å². The van der Waals surface area contributed by atoms with Gasteiger partial charge < -0.3 is 20.0 Å². The lowest BCUT2D eigenvalue weighted by atomic mass is 9.84. The predicted octanol–water partition coefficient (Wildman–Crippen LogP) is 3.55. The summed E-state index contributed by atoms with van der Waals surface area (Å²) in [5.74, 6) is -2.94. The molecular weight excluding hydrogens is 460 g/mol. The summed E-state index contributed by atoms with van der Waals surface area (Å²) in [6.45, 7) is 3.13. The lowest BCUT2D eigenvalue weighted by Gasteiger charge is -2.38. The number of halogens is 2. The van der Waals surface area contributed by atoms with Crippen LogP contribution in [0.25, 0.3) is 0 Å². The van der Waals surface area contributed by atoms with Crippen LogP contribution in [0.15, 0.2) is 60.8 Å². The Bertz CT molecular complexity index is 1160. The monoisotopic (exact) mass is 485 g/mol. The normalized spacial score (nSPS) is 12.2. The molecule has 1 atom stereocenters. The van der Waals surface area contributed by atoms with Crippen molar-refractivity contribution in [2.45, 2.75) is 25.4 Å². The number of nitrogens with one attached hydrogen (secondary N) is 1. The first-order chi connectivity index (χ1) is 16.6. The smallest absolute Gasteiger partial charge is 0.347 e. The highest BCUT2D eigenvalue weighted by Gasteiger charge is 2.37. The van der Waals surface area contributed by atoms with E-state index < -0.39 is 40.8 Å². The number of aromatic hydroxyl groups is 1. The highest BCUT2D eigenvalue weighted by atomic mass is 19.1. The quantitative estimate of drug-likeness (QED) is 0.471. The van der Waals surface area contributed by atoms with Crippen molar-refractivity contribution < 1.29 is 33.1 Å². The number of carbonyl (C=O) groups is 2. The van der Waals surface area contributed by atoms with E-state index in [1.807, 2.05) is 0 Å². The van der Waals surface area contributed by atoms with E-state index in [0.717, 1.165) is 0 Å². The van der Waals surface area contributed by atoms with E-state index in [9.17, 15) is 23.5 Å². The van der Waals surface area contributed by atoms with Gasteiger partial charge in [0.15, 0.2) is 17.2 Å². The summed E-state index contributed by atoms with van der Waals surface area (Å²) >= 11 is 0. The van der Waals surface area contributed by atoms with Crippen LogP contribution in [0, 0.1) is 11.6 Å². The van der Waals surface area contributed by atoms with Gasteiger partial charge in [-0.2, -0.15) is 0 Å². The molecule has 0 spiro atoms. The van der Waals surface area contributed by atoms with Crippen LogP contribution in [-0.2, 0) is 15.2 Å². The van der Waals surface area contributed by atoms with Crippen LogP contribution in [0.3, 0.4) is 0 Å².